The highest BCUT2D eigenvalue weighted by Crippen LogP contribution is 2.22. The Labute approximate surface area is 185 Å². The molecule has 2 aromatic carbocycles. The normalized spacial score (nSPS) is 11.9. The molecule has 0 aromatic heterocycles. The smallest absolute Gasteiger partial charge is 0.424 e. The summed E-state index contributed by atoms with van der Waals surface area (Å²) in [6.07, 6.45) is -0.510. The monoisotopic (exact) mass is 535 g/mol. The van der Waals surface area contributed by atoms with Crippen molar-refractivity contribution in [2.24, 2.45) is 0 Å². The quantitative estimate of drug-likeness (QED) is 0.365. The molecule has 0 aliphatic heterocycles. The fourth-order valence-electron chi connectivity index (χ4n) is 2.46. The third-order valence-electron chi connectivity index (χ3n) is 3.75. The molecule has 0 N–H and O–H groups in total. The lowest BCUT2D eigenvalue weighted by atomic mass is 10.1. The number of benzene rings is 2. The third-order valence-corrected chi connectivity index (χ3v) is 6.66. The maximum Gasteiger partial charge on any atom is 0.424 e. The SMILES string of the molecule is CC(C)(C)OC(=O)N(CCc1cccc(CI)c1)S(=O)(=O)c1ccc(Cl)cc1. The number of carbonyl (C=O) groups is 1. The van der Waals surface area contributed by atoms with Gasteiger partial charge in [-0.05, 0) is 62.6 Å². The Morgan fingerprint density at radius 2 is 1.71 bits per heavy atom. The van der Waals surface area contributed by atoms with Crippen LogP contribution in [-0.2, 0) is 25.6 Å². The molecule has 2 aromatic rings. The molecule has 0 atom stereocenters. The summed E-state index contributed by atoms with van der Waals surface area (Å²) in [7, 11) is -4.08. The van der Waals surface area contributed by atoms with Gasteiger partial charge in [0.1, 0.15) is 5.60 Å². The van der Waals surface area contributed by atoms with E-state index in [1.165, 1.54) is 24.3 Å². The van der Waals surface area contributed by atoms with Gasteiger partial charge < -0.3 is 4.74 Å². The lowest BCUT2D eigenvalue weighted by Gasteiger charge is -2.27. The van der Waals surface area contributed by atoms with Crippen LogP contribution < -0.4 is 0 Å². The van der Waals surface area contributed by atoms with Crippen LogP contribution in [0.4, 0.5) is 4.79 Å². The minimum absolute atomic E-state index is 0.0104. The maximum absolute atomic E-state index is 13.1. The first-order valence-electron chi connectivity index (χ1n) is 8.68. The summed E-state index contributed by atoms with van der Waals surface area (Å²) in [5.41, 5.74) is 1.28. The van der Waals surface area contributed by atoms with Gasteiger partial charge in [0.25, 0.3) is 10.0 Å². The van der Waals surface area contributed by atoms with Gasteiger partial charge in [0, 0.05) is 16.0 Å². The standard InChI is InChI=1S/C20H23ClINO4S/c1-20(2,3)27-19(24)23(12-11-15-5-4-6-16(13-15)14-22)28(25,26)18-9-7-17(21)8-10-18/h4-10,13H,11-12,14H2,1-3H3. The topological polar surface area (TPSA) is 63.7 Å². The lowest BCUT2D eigenvalue weighted by molar-refractivity contribution is 0.0392. The zero-order valence-electron chi connectivity index (χ0n) is 16.0. The van der Waals surface area contributed by atoms with Crippen molar-refractivity contribution in [2.45, 2.75) is 42.1 Å². The molecule has 1 amide bonds. The van der Waals surface area contributed by atoms with Gasteiger partial charge in [0.2, 0.25) is 0 Å². The molecule has 0 aliphatic carbocycles. The molecular weight excluding hydrogens is 513 g/mol. The second kappa shape index (κ2) is 9.45. The number of carbonyl (C=O) groups excluding carboxylic acids is 1. The molecule has 5 nitrogen and oxygen atoms in total. The predicted molar refractivity (Wildman–Crippen MR) is 119 cm³/mol. The first kappa shape index (κ1) is 23.0. The van der Waals surface area contributed by atoms with E-state index in [1.807, 2.05) is 24.3 Å². The van der Waals surface area contributed by atoms with Crippen LogP contribution in [0.15, 0.2) is 53.4 Å². The first-order chi connectivity index (χ1) is 13.0. The highest BCUT2D eigenvalue weighted by Gasteiger charge is 2.32. The van der Waals surface area contributed by atoms with Gasteiger partial charge in [-0.3, -0.25) is 0 Å². The molecule has 8 heteroatoms. The second-order valence-corrected chi connectivity index (χ2v) is 10.3. The Balaban J connectivity index is 2.33. The van der Waals surface area contributed by atoms with E-state index in [9.17, 15) is 13.2 Å². The number of amides is 1. The van der Waals surface area contributed by atoms with E-state index in [0.29, 0.717) is 11.4 Å². The van der Waals surface area contributed by atoms with Crippen molar-refractivity contribution in [1.29, 1.82) is 0 Å². The van der Waals surface area contributed by atoms with E-state index in [2.05, 4.69) is 22.6 Å². The molecular formula is C20H23ClINO4S. The van der Waals surface area contributed by atoms with Crippen LogP contribution in [0.25, 0.3) is 0 Å². The second-order valence-electron chi connectivity index (χ2n) is 7.22. The van der Waals surface area contributed by atoms with Crippen LogP contribution in [0.5, 0.6) is 0 Å². The van der Waals surface area contributed by atoms with E-state index >= 15 is 0 Å². The Hall–Kier alpha value is -1.32. The molecule has 0 fully saturated rings. The van der Waals surface area contributed by atoms with E-state index < -0.39 is 21.7 Å². The molecule has 0 bridgehead atoms. The average Bonchev–Trinajstić information content (AvgIpc) is 2.60. The molecule has 0 saturated heterocycles. The van der Waals surface area contributed by atoms with Crippen molar-refractivity contribution in [3.63, 3.8) is 0 Å². The Morgan fingerprint density at radius 1 is 1.11 bits per heavy atom. The Morgan fingerprint density at radius 3 is 2.29 bits per heavy atom. The van der Waals surface area contributed by atoms with E-state index in [4.69, 9.17) is 16.3 Å². The number of hydrogen-bond acceptors (Lipinski definition) is 4. The van der Waals surface area contributed by atoms with Crippen molar-refractivity contribution in [1.82, 2.24) is 4.31 Å². The summed E-state index contributed by atoms with van der Waals surface area (Å²) in [6.45, 7) is 5.07. The summed E-state index contributed by atoms with van der Waals surface area (Å²) >= 11 is 8.13. The number of ether oxygens (including phenoxy) is 1. The van der Waals surface area contributed by atoms with Crippen LogP contribution in [0.3, 0.4) is 0 Å². The highest BCUT2D eigenvalue weighted by atomic mass is 127. The Bertz CT molecular complexity index is 924. The molecule has 0 spiro atoms. The molecule has 0 unspecified atom stereocenters. The van der Waals surface area contributed by atoms with Gasteiger partial charge in [-0.2, -0.15) is 0 Å². The number of hydrogen-bond donors (Lipinski definition) is 0. The molecule has 0 aliphatic rings. The van der Waals surface area contributed by atoms with Crippen LogP contribution in [0, 0.1) is 0 Å². The van der Waals surface area contributed by atoms with E-state index in [-0.39, 0.29) is 11.4 Å². The summed E-state index contributed by atoms with van der Waals surface area (Å²) in [4.78, 5) is 12.7. The van der Waals surface area contributed by atoms with Crippen LogP contribution >= 0.6 is 34.2 Å². The van der Waals surface area contributed by atoms with E-state index in [1.54, 1.807) is 20.8 Å². The Kier molecular flexibility index (Phi) is 7.75. The number of sulfonamides is 1. The van der Waals surface area contributed by atoms with Gasteiger partial charge in [-0.1, -0.05) is 58.5 Å². The van der Waals surface area contributed by atoms with Crippen molar-refractivity contribution in [2.75, 3.05) is 6.54 Å². The minimum Gasteiger partial charge on any atom is -0.443 e. The summed E-state index contributed by atoms with van der Waals surface area (Å²) in [6, 6.07) is 13.6. The van der Waals surface area contributed by atoms with Crippen molar-refractivity contribution in [3.05, 3.63) is 64.7 Å². The van der Waals surface area contributed by atoms with Crippen molar-refractivity contribution < 1.29 is 17.9 Å². The number of halogens is 2. The first-order valence-corrected chi connectivity index (χ1v) is 12.0. The minimum atomic E-state index is -4.08. The van der Waals surface area contributed by atoms with Gasteiger partial charge in [0.05, 0.1) is 4.90 Å². The molecule has 2 rings (SSSR count). The van der Waals surface area contributed by atoms with Crippen LogP contribution in [0.2, 0.25) is 5.02 Å². The third kappa shape index (κ3) is 6.35. The summed E-state index contributed by atoms with van der Waals surface area (Å²) in [5, 5.41) is 0.415. The van der Waals surface area contributed by atoms with Crippen LogP contribution in [0.1, 0.15) is 31.9 Å². The fraction of sp³-hybridized carbons (Fsp3) is 0.350. The maximum atomic E-state index is 13.1. The summed E-state index contributed by atoms with van der Waals surface area (Å²) < 4.78 is 33.2. The predicted octanol–water partition coefficient (Wildman–Crippen LogP) is 5.44. The van der Waals surface area contributed by atoms with Gasteiger partial charge >= 0.3 is 6.09 Å². The molecule has 152 valence electrons. The summed E-state index contributed by atoms with van der Waals surface area (Å²) in [5.74, 6) is 0. The van der Waals surface area contributed by atoms with Crippen molar-refractivity contribution >= 4 is 50.3 Å². The molecule has 0 heterocycles. The van der Waals surface area contributed by atoms with Crippen molar-refractivity contribution in [3.8, 4) is 0 Å². The molecule has 28 heavy (non-hydrogen) atoms. The average molecular weight is 536 g/mol. The number of alkyl halides is 1. The number of nitrogens with zero attached hydrogens (tertiary/aromatic N) is 1. The molecule has 0 radical (unpaired) electrons. The number of rotatable bonds is 6. The van der Waals surface area contributed by atoms with E-state index in [0.717, 1.165) is 19.9 Å². The van der Waals surface area contributed by atoms with Gasteiger partial charge in [-0.25, -0.2) is 17.5 Å². The fourth-order valence-corrected chi connectivity index (χ4v) is 4.36. The van der Waals surface area contributed by atoms with Gasteiger partial charge in [0.15, 0.2) is 0 Å². The lowest BCUT2D eigenvalue weighted by Crippen LogP contribution is -2.41. The zero-order chi connectivity index (χ0) is 20.9. The highest BCUT2D eigenvalue weighted by molar-refractivity contribution is 14.1. The van der Waals surface area contributed by atoms with Gasteiger partial charge in [-0.15, -0.1) is 0 Å². The zero-order valence-corrected chi connectivity index (χ0v) is 19.7. The largest absolute Gasteiger partial charge is 0.443 e. The van der Waals surface area contributed by atoms with Crippen LogP contribution in [-0.4, -0.2) is 31.0 Å². The molecule has 0 saturated carbocycles.